The molecule has 2 aromatic carbocycles. The van der Waals surface area contributed by atoms with Crippen LogP contribution < -0.4 is 0 Å². The van der Waals surface area contributed by atoms with Crippen molar-refractivity contribution < 1.29 is 30.5 Å². The minimum absolute atomic E-state index is 0.857. The third kappa shape index (κ3) is 6.41. The Hall–Kier alpha value is 1.68. The molecular weight excluding hydrogens is 667 g/mol. The predicted octanol–water partition coefficient (Wildman–Crippen LogP) is 7.67. The molecule has 0 nitrogen and oxygen atoms in total. The van der Waals surface area contributed by atoms with Gasteiger partial charge in [-0.05, 0) is 0 Å². The molecule has 0 aromatic heterocycles. The molecule has 0 radical (unpaired) electrons. The second-order valence-electron chi connectivity index (χ2n) is 6.29. The topological polar surface area (TPSA) is 0 Å². The van der Waals surface area contributed by atoms with Gasteiger partial charge >= 0.3 is 55.5 Å². The summed E-state index contributed by atoms with van der Waals surface area (Å²) in [6, 6.07) is 0. The summed E-state index contributed by atoms with van der Waals surface area (Å²) in [5.41, 5.74) is 14.7. The van der Waals surface area contributed by atoms with Crippen LogP contribution in [0.1, 0.15) is 55.6 Å². The van der Waals surface area contributed by atoms with E-state index in [1.807, 2.05) is 0 Å². The van der Waals surface area contributed by atoms with Crippen molar-refractivity contribution in [3.63, 3.8) is 0 Å². The Labute approximate surface area is 177 Å². The number of rotatable bonds is 0. The summed E-state index contributed by atoms with van der Waals surface area (Å²) >= 11 is 5.52. The first-order chi connectivity index (χ1) is 10.5. The summed E-state index contributed by atoms with van der Waals surface area (Å²) in [6.07, 6.45) is 0. The first kappa shape index (κ1) is 24.7. The van der Waals surface area contributed by atoms with Crippen molar-refractivity contribution in [3.05, 3.63) is 55.6 Å². The van der Waals surface area contributed by atoms with Gasteiger partial charge in [0.15, 0.2) is 0 Å². The third-order valence-corrected chi connectivity index (χ3v) is 5.62. The van der Waals surface area contributed by atoms with Crippen molar-refractivity contribution in [1.29, 1.82) is 0 Å². The molecule has 0 saturated carbocycles. The average molecular weight is 697 g/mol. The second kappa shape index (κ2) is 11.4. The molecule has 0 atom stereocenters. The fourth-order valence-corrected chi connectivity index (χ4v) is 2.81. The molecule has 2 aromatic rings. The molecule has 3 heteroatoms. The van der Waals surface area contributed by atoms with Crippen molar-refractivity contribution >= 4 is 25.0 Å². The standard InChI is InChI=1S/2C10H15.2HI.Yb/c2*1-6-7(2)9(4)10(5)8(6)3;;;/h2*1-5H3;2*1H;/q-5;-1;;;+2/p-2. The molecule has 0 heterocycles. The van der Waals surface area contributed by atoms with Gasteiger partial charge in [-0.1, -0.05) is 34.6 Å². The average Bonchev–Trinajstić information content (AvgIpc) is 2.80. The SMILES string of the molecule is C[c-]1[c-](C)[c-](C)[c-](C)[c-]1C.Cc1c(C)c(C)[c-](C)c1C.[I][Yb][I]. The van der Waals surface area contributed by atoms with Crippen LogP contribution in [0, 0.1) is 99.8 Å². The van der Waals surface area contributed by atoms with Crippen LogP contribution >= 0.6 is 25.0 Å². The van der Waals surface area contributed by atoms with E-state index < -0.39 is 0 Å². The van der Waals surface area contributed by atoms with Crippen LogP contribution in [0.5, 0.6) is 0 Å². The van der Waals surface area contributed by atoms with Gasteiger partial charge in [-0.2, -0.15) is 27.8 Å². The molecule has 0 bridgehead atoms. The van der Waals surface area contributed by atoms with E-state index >= 15 is 0 Å². The van der Waals surface area contributed by atoms with Gasteiger partial charge in [0.1, 0.15) is 0 Å². The van der Waals surface area contributed by atoms with E-state index in [1.165, 1.54) is 55.6 Å². The Bertz CT molecular complexity index is 429. The Morgan fingerprint density at radius 1 is 0.565 bits per heavy atom. The van der Waals surface area contributed by atoms with Gasteiger partial charge in [0.25, 0.3) is 0 Å². The summed E-state index contributed by atoms with van der Waals surface area (Å²) in [5.74, 6) is 0. The molecule has 0 unspecified atom stereocenters. The maximum atomic E-state index is 2.33. The van der Waals surface area contributed by atoms with Crippen LogP contribution in [-0.2, 0) is 0 Å². The van der Waals surface area contributed by atoms with E-state index in [9.17, 15) is 0 Å². The van der Waals surface area contributed by atoms with Crippen molar-refractivity contribution in [2.24, 2.45) is 0 Å². The zero-order chi connectivity index (χ0) is 18.5. The summed E-state index contributed by atoms with van der Waals surface area (Å²) in [7, 11) is 0. The maximum absolute atomic E-state index is 2.33. The van der Waals surface area contributed by atoms with E-state index in [2.05, 4.69) is 94.3 Å². The molecule has 2 rings (SSSR count). The van der Waals surface area contributed by atoms with Gasteiger partial charge in [0, 0.05) is 0 Å². The Balaban J connectivity index is 0.000000360. The van der Waals surface area contributed by atoms with Gasteiger partial charge in [0.05, 0.1) is 0 Å². The van der Waals surface area contributed by atoms with Crippen LogP contribution in [0.15, 0.2) is 0 Å². The molecule has 0 amide bonds. The first-order valence-electron chi connectivity index (χ1n) is 7.70. The number of halogens is 2. The van der Waals surface area contributed by atoms with Crippen LogP contribution in [0.4, 0.5) is 0 Å². The van der Waals surface area contributed by atoms with Crippen molar-refractivity contribution in [1.82, 2.24) is 0 Å². The zero-order valence-electron chi connectivity index (χ0n) is 16.0. The summed E-state index contributed by atoms with van der Waals surface area (Å²) < 4.78 is 0. The Morgan fingerprint density at radius 2 is 0.739 bits per heavy atom. The van der Waals surface area contributed by atoms with Gasteiger partial charge in [0.2, 0.25) is 0 Å². The van der Waals surface area contributed by atoms with Gasteiger partial charge in [-0.3, -0.25) is 0 Å². The van der Waals surface area contributed by atoms with E-state index in [1.54, 1.807) is 0 Å². The quantitative estimate of drug-likeness (QED) is 0.196. The number of hydrogen-bond acceptors (Lipinski definition) is 0. The van der Waals surface area contributed by atoms with E-state index in [4.69, 9.17) is 0 Å². The molecule has 0 spiro atoms. The van der Waals surface area contributed by atoms with E-state index in [-0.39, 0.29) is 0 Å². The van der Waals surface area contributed by atoms with E-state index in [0.717, 1.165) is 30.5 Å². The van der Waals surface area contributed by atoms with Crippen LogP contribution in [0.3, 0.4) is 0 Å². The van der Waals surface area contributed by atoms with Gasteiger partial charge in [-0.15, -0.1) is 0 Å². The first-order valence-corrected chi connectivity index (χ1v) is 17.6. The molecule has 0 N–H and O–H groups in total. The van der Waals surface area contributed by atoms with E-state index in [0.29, 0.717) is 0 Å². The van der Waals surface area contributed by atoms with Gasteiger partial charge < -0.3 is 27.8 Å². The Morgan fingerprint density at radius 3 is 0.826 bits per heavy atom. The fourth-order valence-electron chi connectivity index (χ4n) is 2.81. The molecule has 23 heavy (non-hydrogen) atoms. The molecule has 0 fully saturated rings. The normalized spacial score (nSPS) is 10.1. The Kier molecular flexibility index (Phi) is 12.2. The van der Waals surface area contributed by atoms with Crippen molar-refractivity contribution in [2.45, 2.75) is 69.2 Å². The second-order valence-corrected chi connectivity index (χ2v) is 19.0. The zero-order valence-corrected chi connectivity index (χ0v) is 22.1. The van der Waals surface area contributed by atoms with Crippen LogP contribution in [0.2, 0.25) is 0 Å². The molecule has 0 aliphatic rings. The predicted molar refractivity (Wildman–Crippen MR) is 119 cm³/mol. The third-order valence-electron chi connectivity index (χ3n) is 5.62. The number of hydrogen-bond donors (Lipinski definition) is 0. The molecule has 144 valence electrons. The van der Waals surface area contributed by atoms with Crippen LogP contribution in [0.25, 0.3) is 0 Å². The summed E-state index contributed by atoms with van der Waals surface area (Å²) in [5, 5.41) is 0. The monoisotopic (exact) mass is 698 g/mol. The fraction of sp³-hybridized carbons (Fsp3) is 0.500. The van der Waals surface area contributed by atoms with Crippen molar-refractivity contribution in [3.8, 4) is 0 Å². The minimum atomic E-state index is 0.857. The van der Waals surface area contributed by atoms with Gasteiger partial charge in [-0.25, -0.2) is 34.6 Å². The molecule has 0 aliphatic carbocycles. The molecule has 0 saturated heterocycles. The molecule has 0 aliphatic heterocycles. The molecular formula is C20H30I2Yb-6. The summed E-state index contributed by atoms with van der Waals surface area (Å²) in [4.78, 5) is 0. The van der Waals surface area contributed by atoms with Crippen LogP contribution in [-0.4, -0.2) is 0 Å². The summed E-state index contributed by atoms with van der Waals surface area (Å²) in [6.45, 7) is 22.0. The van der Waals surface area contributed by atoms with Crippen molar-refractivity contribution in [2.75, 3.05) is 0 Å².